The van der Waals surface area contributed by atoms with E-state index in [0.717, 1.165) is 5.75 Å². The van der Waals surface area contributed by atoms with Gasteiger partial charge >= 0.3 is 0 Å². The predicted molar refractivity (Wildman–Crippen MR) is 109 cm³/mol. The first-order valence-electron chi connectivity index (χ1n) is 8.91. The number of ether oxygens (including phenoxy) is 1. The van der Waals surface area contributed by atoms with Gasteiger partial charge in [-0.15, -0.1) is 0 Å². The van der Waals surface area contributed by atoms with Crippen LogP contribution in [0.4, 0.5) is 4.39 Å². The Kier molecular flexibility index (Phi) is 6.71. The molecule has 2 aromatic carbocycles. The molecule has 1 heterocycles. The van der Waals surface area contributed by atoms with Crippen LogP contribution < -0.4 is 4.74 Å². The van der Waals surface area contributed by atoms with Crippen molar-refractivity contribution in [2.24, 2.45) is 0 Å². The van der Waals surface area contributed by atoms with Crippen molar-refractivity contribution >= 4 is 17.7 Å². The van der Waals surface area contributed by atoms with Gasteiger partial charge in [-0.1, -0.05) is 30.0 Å². The standard InChI is InChI=1S/C21H22FN3O2S/c1-24(13-6-14-27-18-7-4-3-5-8-18)20(26)19-15-23-21(28-2)25(19)17-11-9-16(22)10-12-17/h3-5,7-12,15H,6,13-14H2,1-2H3. The molecule has 0 fully saturated rings. The van der Waals surface area contributed by atoms with Crippen LogP contribution in [0.15, 0.2) is 66.0 Å². The van der Waals surface area contributed by atoms with Crippen molar-refractivity contribution in [2.45, 2.75) is 11.6 Å². The quantitative estimate of drug-likeness (QED) is 0.419. The van der Waals surface area contributed by atoms with Crippen molar-refractivity contribution < 1.29 is 13.9 Å². The molecule has 1 amide bonds. The van der Waals surface area contributed by atoms with Crippen LogP contribution in [0, 0.1) is 5.82 Å². The van der Waals surface area contributed by atoms with Gasteiger partial charge < -0.3 is 9.64 Å². The molecule has 3 rings (SSSR count). The van der Waals surface area contributed by atoms with Crippen LogP contribution in [0.3, 0.4) is 0 Å². The van der Waals surface area contributed by atoms with Crippen LogP contribution in [0.5, 0.6) is 5.75 Å². The van der Waals surface area contributed by atoms with Crippen LogP contribution >= 0.6 is 11.8 Å². The number of hydrogen-bond donors (Lipinski definition) is 0. The van der Waals surface area contributed by atoms with Crippen molar-refractivity contribution in [3.63, 3.8) is 0 Å². The van der Waals surface area contributed by atoms with Gasteiger partial charge in [-0.25, -0.2) is 9.37 Å². The van der Waals surface area contributed by atoms with E-state index in [1.165, 1.54) is 23.9 Å². The summed E-state index contributed by atoms with van der Waals surface area (Å²) in [6.45, 7) is 1.07. The van der Waals surface area contributed by atoms with Crippen molar-refractivity contribution in [1.29, 1.82) is 0 Å². The highest BCUT2D eigenvalue weighted by atomic mass is 32.2. The second-order valence-corrected chi connectivity index (χ2v) is 6.96. The Labute approximate surface area is 168 Å². The molecule has 0 aliphatic rings. The number of hydrogen-bond acceptors (Lipinski definition) is 4. The molecule has 0 N–H and O–H groups in total. The Balaban J connectivity index is 1.66. The molecular formula is C21H22FN3O2S. The molecule has 0 bridgehead atoms. The molecular weight excluding hydrogens is 377 g/mol. The number of carbonyl (C=O) groups excluding carboxylic acids is 1. The molecule has 0 unspecified atom stereocenters. The molecule has 0 aliphatic heterocycles. The molecule has 0 aliphatic carbocycles. The number of rotatable bonds is 8. The van der Waals surface area contributed by atoms with Crippen molar-refractivity contribution in [2.75, 3.05) is 26.5 Å². The highest BCUT2D eigenvalue weighted by molar-refractivity contribution is 7.98. The van der Waals surface area contributed by atoms with Gasteiger partial charge in [0.1, 0.15) is 17.3 Å². The average molecular weight is 399 g/mol. The Bertz CT molecular complexity index is 913. The van der Waals surface area contributed by atoms with Gasteiger partial charge in [-0.2, -0.15) is 0 Å². The molecule has 7 heteroatoms. The Hall–Kier alpha value is -2.80. The van der Waals surface area contributed by atoms with Gasteiger partial charge in [0.25, 0.3) is 5.91 Å². The van der Waals surface area contributed by atoms with E-state index in [0.29, 0.717) is 36.1 Å². The topological polar surface area (TPSA) is 47.4 Å². The normalized spacial score (nSPS) is 10.7. The zero-order valence-corrected chi connectivity index (χ0v) is 16.7. The number of para-hydroxylation sites is 1. The predicted octanol–water partition coefficient (Wildman–Crippen LogP) is 4.27. The van der Waals surface area contributed by atoms with E-state index in [-0.39, 0.29) is 11.7 Å². The lowest BCUT2D eigenvalue weighted by Crippen LogP contribution is -2.30. The number of nitrogens with zero attached hydrogens (tertiary/aromatic N) is 3. The number of imidazole rings is 1. The summed E-state index contributed by atoms with van der Waals surface area (Å²) in [4.78, 5) is 18.9. The summed E-state index contributed by atoms with van der Waals surface area (Å²) in [7, 11) is 1.76. The minimum absolute atomic E-state index is 0.142. The molecule has 1 aromatic heterocycles. The highest BCUT2D eigenvalue weighted by Crippen LogP contribution is 2.23. The number of amides is 1. The summed E-state index contributed by atoms with van der Waals surface area (Å²) in [5.41, 5.74) is 1.15. The molecule has 0 saturated carbocycles. The first-order valence-corrected chi connectivity index (χ1v) is 10.1. The zero-order valence-electron chi connectivity index (χ0n) is 15.8. The molecule has 0 spiro atoms. The summed E-state index contributed by atoms with van der Waals surface area (Å²) in [5.74, 6) is 0.352. The lowest BCUT2D eigenvalue weighted by Gasteiger charge is -2.19. The molecule has 0 saturated heterocycles. The third kappa shape index (κ3) is 4.72. The lowest BCUT2D eigenvalue weighted by atomic mass is 10.3. The molecule has 0 radical (unpaired) electrons. The summed E-state index contributed by atoms with van der Waals surface area (Å²) in [6, 6.07) is 15.6. The van der Waals surface area contributed by atoms with Crippen LogP contribution in [0.25, 0.3) is 5.69 Å². The SMILES string of the molecule is CSc1ncc(C(=O)N(C)CCCOc2ccccc2)n1-c1ccc(F)cc1. The summed E-state index contributed by atoms with van der Waals surface area (Å²) >= 11 is 1.43. The Morgan fingerprint density at radius 3 is 2.57 bits per heavy atom. The van der Waals surface area contributed by atoms with Gasteiger partial charge in [-0.3, -0.25) is 9.36 Å². The maximum atomic E-state index is 13.3. The van der Waals surface area contributed by atoms with E-state index in [1.807, 2.05) is 36.6 Å². The third-order valence-electron chi connectivity index (χ3n) is 4.21. The van der Waals surface area contributed by atoms with Crippen LogP contribution in [0.2, 0.25) is 0 Å². The zero-order chi connectivity index (χ0) is 19.9. The monoisotopic (exact) mass is 399 g/mol. The minimum atomic E-state index is -0.321. The van der Waals surface area contributed by atoms with Crippen LogP contribution in [0.1, 0.15) is 16.9 Å². The van der Waals surface area contributed by atoms with Gasteiger partial charge in [-0.05, 0) is 49.1 Å². The van der Waals surface area contributed by atoms with E-state index >= 15 is 0 Å². The second-order valence-electron chi connectivity index (χ2n) is 6.18. The summed E-state index contributed by atoms with van der Waals surface area (Å²) in [6.07, 6.45) is 4.16. The average Bonchev–Trinajstić information content (AvgIpc) is 3.16. The smallest absolute Gasteiger partial charge is 0.272 e. The van der Waals surface area contributed by atoms with Crippen molar-refractivity contribution in [1.82, 2.24) is 14.5 Å². The second kappa shape index (κ2) is 9.41. The molecule has 3 aromatic rings. The van der Waals surface area contributed by atoms with Crippen molar-refractivity contribution in [3.8, 4) is 11.4 Å². The largest absolute Gasteiger partial charge is 0.494 e. The highest BCUT2D eigenvalue weighted by Gasteiger charge is 2.20. The fourth-order valence-corrected chi connectivity index (χ4v) is 3.32. The summed E-state index contributed by atoms with van der Waals surface area (Å²) in [5, 5.41) is 0.677. The maximum Gasteiger partial charge on any atom is 0.272 e. The number of benzene rings is 2. The lowest BCUT2D eigenvalue weighted by molar-refractivity contribution is 0.0779. The van der Waals surface area contributed by atoms with Crippen LogP contribution in [-0.2, 0) is 0 Å². The van der Waals surface area contributed by atoms with E-state index in [9.17, 15) is 9.18 Å². The fourth-order valence-electron chi connectivity index (χ4n) is 2.77. The first-order chi connectivity index (χ1) is 13.6. The maximum absolute atomic E-state index is 13.3. The Morgan fingerprint density at radius 1 is 1.18 bits per heavy atom. The number of thioether (sulfide) groups is 1. The number of aromatic nitrogens is 2. The molecule has 0 atom stereocenters. The molecule has 28 heavy (non-hydrogen) atoms. The van der Waals surface area contributed by atoms with E-state index in [1.54, 1.807) is 34.8 Å². The van der Waals surface area contributed by atoms with E-state index in [2.05, 4.69) is 4.98 Å². The fraction of sp³-hybridized carbons (Fsp3) is 0.238. The third-order valence-corrected chi connectivity index (χ3v) is 4.87. The van der Waals surface area contributed by atoms with Crippen LogP contribution in [-0.4, -0.2) is 46.8 Å². The van der Waals surface area contributed by atoms with E-state index < -0.39 is 0 Å². The molecule has 146 valence electrons. The van der Waals surface area contributed by atoms with Gasteiger partial charge in [0, 0.05) is 19.3 Å². The Morgan fingerprint density at radius 2 is 1.89 bits per heavy atom. The number of carbonyl (C=O) groups is 1. The van der Waals surface area contributed by atoms with Gasteiger partial charge in [0.15, 0.2) is 5.16 Å². The van der Waals surface area contributed by atoms with E-state index in [4.69, 9.17) is 4.74 Å². The summed E-state index contributed by atoms with van der Waals surface area (Å²) < 4.78 is 20.7. The minimum Gasteiger partial charge on any atom is -0.494 e. The molecule has 5 nitrogen and oxygen atoms in total. The van der Waals surface area contributed by atoms with Gasteiger partial charge in [0.05, 0.1) is 12.8 Å². The first kappa shape index (κ1) is 19.9. The number of halogens is 1. The van der Waals surface area contributed by atoms with Gasteiger partial charge in [0.2, 0.25) is 0 Å². The van der Waals surface area contributed by atoms with Crippen molar-refractivity contribution in [3.05, 3.63) is 72.3 Å².